The number of carbonyl (C=O) groups is 1. The van der Waals surface area contributed by atoms with Crippen LogP contribution in [0.4, 0.5) is 0 Å². The van der Waals surface area contributed by atoms with Crippen molar-refractivity contribution >= 4 is 5.91 Å². The van der Waals surface area contributed by atoms with Gasteiger partial charge in [-0.3, -0.25) is 4.79 Å². The van der Waals surface area contributed by atoms with Gasteiger partial charge in [-0.25, -0.2) is 0 Å². The van der Waals surface area contributed by atoms with Gasteiger partial charge in [0, 0.05) is 0 Å². The summed E-state index contributed by atoms with van der Waals surface area (Å²) in [5, 5.41) is 2.84. The summed E-state index contributed by atoms with van der Waals surface area (Å²) in [4.78, 5) is 12.0. The fraction of sp³-hybridized carbons (Fsp3) is 0.350. The maximum absolute atomic E-state index is 12.0. The van der Waals surface area contributed by atoms with Crippen molar-refractivity contribution in [3.05, 3.63) is 53.6 Å². The highest BCUT2D eigenvalue weighted by molar-refractivity contribution is 5.77. The van der Waals surface area contributed by atoms with Crippen LogP contribution in [0.25, 0.3) is 0 Å². The lowest BCUT2D eigenvalue weighted by Gasteiger charge is -2.26. The van der Waals surface area contributed by atoms with Gasteiger partial charge < -0.3 is 19.5 Å². The van der Waals surface area contributed by atoms with Crippen molar-refractivity contribution in [2.75, 3.05) is 19.8 Å². The molecule has 1 aliphatic carbocycles. The highest BCUT2D eigenvalue weighted by Gasteiger charge is 2.21. The van der Waals surface area contributed by atoms with Crippen molar-refractivity contribution in [2.45, 2.75) is 25.4 Å². The molecule has 0 unspecified atom stereocenters. The number of carbonyl (C=O) groups excluding carboxylic acids is 1. The minimum atomic E-state index is -0.196. The maximum Gasteiger partial charge on any atom is 0.258 e. The summed E-state index contributed by atoms with van der Waals surface area (Å²) in [5.74, 6) is 2.04. The number of rotatable bonds is 5. The summed E-state index contributed by atoms with van der Waals surface area (Å²) in [7, 11) is 0. The van der Waals surface area contributed by atoms with Gasteiger partial charge in [0.25, 0.3) is 5.91 Å². The second kappa shape index (κ2) is 7.05. The molecule has 1 amide bonds. The van der Waals surface area contributed by atoms with Crippen LogP contribution in [0, 0.1) is 0 Å². The van der Waals surface area contributed by atoms with E-state index in [0.29, 0.717) is 18.9 Å². The quantitative estimate of drug-likeness (QED) is 0.909. The average molecular weight is 339 g/mol. The van der Waals surface area contributed by atoms with Crippen LogP contribution in [0.2, 0.25) is 0 Å². The van der Waals surface area contributed by atoms with Gasteiger partial charge >= 0.3 is 0 Å². The maximum atomic E-state index is 12.0. The molecule has 5 nitrogen and oxygen atoms in total. The molecule has 1 aliphatic heterocycles. The first-order valence-electron chi connectivity index (χ1n) is 8.68. The van der Waals surface area contributed by atoms with Gasteiger partial charge in [-0.1, -0.05) is 18.2 Å². The van der Waals surface area contributed by atoms with Crippen LogP contribution < -0.4 is 19.5 Å². The molecule has 25 heavy (non-hydrogen) atoms. The third kappa shape index (κ3) is 3.71. The van der Waals surface area contributed by atoms with Gasteiger partial charge in [0.1, 0.15) is 18.5 Å². The van der Waals surface area contributed by atoms with Crippen LogP contribution in [0.3, 0.4) is 0 Å². The summed E-state index contributed by atoms with van der Waals surface area (Å²) in [6, 6.07) is 13.6. The molecular weight excluding hydrogens is 318 g/mol. The predicted molar refractivity (Wildman–Crippen MR) is 93.3 cm³/mol. The largest absolute Gasteiger partial charge is 0.486 e. The fourth-order valence-electron chi connectivity index (χ4n) is 3.23. The Morgan fingerprint density at radius 3 is 2.88 bits per heavy atom. The number of ether oxygens (including phenoxy) is 3. The first kappa shape index (κ1) is 15.8. The number of benzene rings is 2. The second-order valence-electron chi connectivity index (χ2n) is 6.37. The number of aryl methyl sites for hydroxylation is 2. The molecule has 0 radical (unpaired) electrons. The third-order valence-corrected chi connectivity index (χ3v) is 4.53. The van der Waals surface area contributed by atoms with Crippen molar-refractivity contribution < 1.29 is 19.0 Å². The van der Waals surface area contributed by atoms with E-state index in [1.54, 1.807) is 0 Å². The highest BCUT2D eigenvalue weighted by atomic mass is 16.6. The smallest absolute Gasteiger partial charge is 0.258 e. The van der Waals surface area contributed by atoms with Gasteiger partial charge in [-0.15, -0.1) is 0 Å². The highest BCUT2D eigenvalue weighted by Crippen LogP contribution is 2.30. The summed E-state index contributed by atoms with van der Waals surface area (Å²) in [6.45, 7) is 0.812. The molecule has 2 aromatic rings. The Morgan fingerprint density at radius 2 is 1.96 bits per heavy atom. The van der Waals surface area contributed by atoms with E-state index in [2.05, 4.69) is 11.4 Å². The van der Waals surface area contributed by atoms with E-state index >= 15 is 0 Å². The number of amides is 1. The van der Waals surface area contributed by atoms with E-state index in [0.717, 1.165) is 24.3 Å². The number of fused-ring (bicyclic) bond motifs is 2. The molecule has 130 valence electrons. The second-order valence-corrected chi connectivity index (χ2v) is 6.37. The molecule has 2 aromatic carbocycles. The molecule has 0 spiro atoms. The molecule has 2 aliphatic rings. The first-order valence-corrected chi connectivity index (χ1v) is 8.68. The van der Waals surface area contributed by atoms with Crippen molar-refractivity contribution in [1.82, 2.24) is 5.32 Å². The standard InChI is InChI=1S/C20H21NO4/c22-20(13-23-16-9-8-14-4-3-5-15(14)10-16)21-11-17-12-24-18-6-1-2-7-19(18)25-17/h1-2,6-10,17H,3-5,11-13H2,(H,21,22)/t17-/m1/s1. The SMILES string of the molecule is O=C(COc1ccc2c(c1)CCC2)NC[C@@H]1COc2ccccc2O1. The summed E-state index contributed by atoms with van der Waals surface area (Å²) < 4.78 is 17.1. The molecule has 0 aromatic heterocycles. The topological polar surface area (TPSA) is 56.8 Å². The van der Waals surface area contributed by atoms with Gasteiger partial charge in [0.05, 0.1) is 6.54 Å². The molecule has 5 heteroatoms. The zero-order chi connectivity index (χ0) is 17.1. The van der Waals surface area contributed by atoms with E-state index in [1.165, 1.54) is 17.5 Å². The normalized spacial score (nSPS) is 17.7. The van der Waals surface area contributed by atoms with Crippen LogP contribution >= 0.6 is 0 Å². The Kier molecular flexibility index (Phi) is 4.46. The molecule has 1 heterocycles. The Morgan fingerprint density at radius 1 is 1.12 bits per heavy atom. The Balaban J connectivity index is 1.23. The molecule has 0 saturated heterocycles. The number of nitrogens with one attached hydrogen (secondary N) is 1. The van der Waals surface area contributed by atoms with Gasteiger partial charge in [0.15, 0.2) is 18.1 Å². The fourth-order valence-corrected chi connectivity index (χ4v) is 3.23. The van der Waals surface area contributed by atoms with Crippen LogP contribution in [0.1, 0.15) is 17.5 Å². The Bertz CT molecular complexity index is 774. The average Bonchev–Trinajstić information content (AvgIpc) is 3.12. The Hall–Kier alpha value is -2.69. The zero-order valence-electron chi connectivity index (χ0n) is 14.0. The van der Waals surface area contributed by atoms with Crippen molar-refractivity contribution in [2.24, 2.45) is 0 Å². The van der Waals surface area contributed by atoms with E-state index in [1.807, 2.05) is 36.4 Å². The van der Waals surface area contributed by atoms with Gasteiger partial charge in [-0.2, -0.15) is 0 Å². The van der Waals surface area contributed by atoms with Crippen molar-refractivity contribution in [1.29, 1.82) is 0 Å². The monoisotopic (exact) mass is 339 g/mol. The van der Waals surface area contributed by atoms with E-state index in [4.69, 9.17) is 14.2 Å². The molecule has 0 saturated carbocycles. The molecule has 0 bridgehead atoms. The summed E-state index contributed by atoms with van der Waals surface area (Å²) >= 11 is 0. The van der Waals surface area contributed by atoms with Gasteiger partial charge in [-0.05, 0) is 54.7 Å². The van der Waals surface area contributed by atoms with Crippen LogP contribution in [-0.4, -0.2) is 31.8 Å². The minimum Gasteiger partial charge on any atom is -0.486 e. The lowest BCUT2D eigenvalue weighted by Crippen LogP contribution is -2.42. The summed E-state index contributed by atoms with van der Waals surface area (Å²) in [5.41, 5.74) is 2.73. The van der Waals surface area contributed by atoms with E-state index < -0.39 is 0 Å². The lowest BCUT2D eigenvalue weighted by molar-refractivity contribution is -0.123. The number of hydrogen-bond acceptors (Lipinski definition) is 4. The first-order chi connectivity index (χ1) is 12.3. The molecule has 0 fully saturated rings. The van der Waals surface area contributed by atoms with E-state index in [-0.39, 0.29) is 18.6 Å². The minimum absolute atomic E-state index is 0.00293. The molecular formula is C20H21NO4. The zero-order valence-corrected chi connectivity index (χ0v) is 14.0. The molecule has 1 N–H and O–H groups in total. The van der Waals surface area contributed by atoms with Crippen LogP contribution in [-0.2, 0) is 17.6 Å². The van der Waals surface area contributed by atoms with Crippen molar-refractivity contribution in [3.63, 3.8) is 0 Å². The summed E-state index contributed by atoms with van der Waals surface area (Å²) in [6.07, 6.45) is 3.24. The van der Waals surface area contributed by atoms with Crippen LogP contribution in [0.15, 0.2) is 42.5 Å². The third-order valence-electron chi connectivity index (χ3n) is 4.53. The number of hydrogen-bond donors (Lipinski definition) is 1. The Labute approximate surface area is 146 Å². The predicted octanol–water partition coefficient (Wildman–Crippen LogP) is 2.51. The van der Waals surface area contributed by atoms with E-state index in [9.17, 15) is 4.79 Å². The van der Waals surface area contributed by atoms with Gasteiger partial charge in [0.2, 0.25) is 0 Å². The van der Waals surface area contributed by atoms with Crippen LogP contribution in [0.5, 0.6) is 17.2 Å². The molecule has 1 atom stereocenters. The number of para-hydroxylation sites is 2. The molecule has 4 rings (SSSR count). The lowest BCUT2D eigenvalue weighted by atomic mass is 10.1. The van der Waals surface area contributed by atoms with Crippen molar-refractivity contribution in [3.8, 4) is 17.2 Å².